The maximum absolute atomic E-state index is 12.0. The van der Waals surface area contributed by atoms with Crippen LogP contribution in [-0.4, -0.2) is 23.7 Å². The highest BCUT2D eigenvalue weighted by molar-refractivity contribution is 5.67. The van der Waals surface area contributed by atoms with Gasteiger partial charge in [0.15, 0.2) is 0 Å². The number of nitrogens with zero attached hydrogens (tertiary/aromatic N) is 1. The summed E-state index contributed by atoms with van der Waals surface area (Å²) in [4.78, 5) is 16.3. The molecule has 0 aliphatic heterocycles. The molecule has 1 aliphatic carbocycles. The van der Waals surface area contributed by atoms with Gasteiger partial charge in [-0.3, -0.25) is 4.98 Å². The van der Waals surface area contributed by atoms with Gasteiger partial charge in [0.25, 0.3) is 0 Å². The fourth-order valence-electron chi connectivity index (χ4n) is 3.27. The van der Waals surface area contributed by atoms with Crippen LogP contribution < -0.4 is 5.32 Å². The van der Waals surface area contributed by atoms with E-state index in [9.17, 15) is 4.79 Å². The molecule has 2 rings (SSSR count). The highest BCUT2D eigenvalue weighted by atomic mass is 16.6. The van der Waals surface area contributed by atoms with Crippen molar-refractivity contribution in [3.63, 3.8) is 0 Å². The van der Waals surface area contributed by atoms with Gasteiger partial charge in [-0.2, -0.15) is 0 Å². The highest BCUT2D eigenvalue weighted by Gasteiger charge is 2.33. The van der Waals surface area contributed by atoms with E-state index in [4.69, 9.17) is 4.74 Å². The van der Waals surface area contributed by atoms with Gasteiger partial charge in [-0.1, -0.05) is 33.3 Å². The van der Waals surface area contributed by atoms with Crippen molar-refractivity contribution in [2.24, 2.45) is 17.8 Å². The molecular weight excluding hydrogens is 276 g/mol. The van der Waals surface area contributed by atoms with Gasteiger partial charge in [0.2, 0.25) is 0 Å². The summed E-state index contributed by atoms with van der Waals surface area (Å²) in [5.41, 5.74) is 0.981. The van der Waals surface area contributed by atoms with Crippen LogP contribution in [0.2, 0.25) is 0 Å². The number of nitrogens with one attached hydrogen (secondary N) is 1. The molecule has 4 nitrogen and oxygen atoms in total. The normalized spacial score (nSPS) is 25.0. The van der Waals surface area contributed by atoms with E-state index < -0.39 is 0 Å². The molecule has 1 heterocycles. The predicted octanol–water partition coefficient (Wildman–Crippen LogP) is 3.81. The van der Waals surface area contributed by atoms with E-state index in [1.54, 1.807) is 6.20 Å². The van der Waals surface area contributed by atoms with Gasteiger partial charge in [-0.05, 0) is 42.7 Å². The zero-order valence-corrected chi connectivity index (χ0v) is 13.9. The summed E-state index contributed by atoms with van der Waals surface area (Å²) in [6.45, 7) is 7.24. The Morgan fingerprint density at radius 1 is 1.41 bits per heavy atom. The smallest absolute Gasteiger partial charge is 0.407 e. The summed E-state index contributed by atoms with van der Waals surface area (Å²) in [5.74, 6) is 1.68. The zero-order valence-electron chi connectivity index (χ0n) is 13.9. The Morgan fingerprint density at radius 3 is 2.91 bits per heavy atom. The van der Waals surface area contributed by atoms with E-state index in [1.807, 2.05) is 18.2 Å². The van der Waals surface area contributed by atoms with E-state index in [2.05, 4.69) is 31.1 Å². The highest BCUT2D eigenvalue weighted by Crippen LogP contribution is 2.35. The van der Waals surface area contributed by atoms with Crippen LogP contribution in [0.5, 0.6) is 0 Å². The largest absolute Gasteiger partial charge is 0.446 e. The van der Waals surface area contributed by atoms with Crippen molar-refractivity contribution in [3.05, 3.63) is 30.1 Å². The number of amides is 1. The lowest BCUT2D eigenvalue weighted by Gasteiger charge is -2.36. The van der Waals surface area contributed by atoms with Gasteiger partial charge >= 0.3 is 6.09 Å². The van der Waals surface area contributed by atoms with Gasteiger partial charge in [-0.15, -0.1) is 0 Å². The number of carbonyl (C=O) groups excluding carboxylic acids is 1. The molecular formula is C18H28N2O2. The van der Waals surface area contributed by atoms with Crippen molar-refractivity contribution < 1.29 is 9.53 Å². The van der Waals surface area contributed by atoms with Gasteiger partial charge in [0.1, 0.15) is 6.10 Å². The minimum atomic E-state index is -0.291. The van der Waals surface area contributed by atoms with Crippen LogP contribution in [0.3, 0.4) is 0 Å². The molecule has 1 fully saturated rings. The summed E-state index contributed by atoms with van der Waals surface area (Å²) in [6.07, 6.45) is 5.64. The van der Waals surface area contributed by atoms with E-state index in [0.717, 1.165) is 25.0 Å². The molecule has 22 heavy (non-hydrogen) atoms. The monoisotopic (exact) mass is 304 g/mol. The Balaban J connectivity index is 1.77. The minimum Gasteiger partial charge on any atom is -0.446 e. The zero-order chi connectivity index (χ0) is 15.9. The van der Waals surface area contributed by atoms with E-state index in [0.29, 0.717) is 24.3 Å². The molecule has 0 radical (unpaired) electrons. The minimum absolute atomic E-state index is 0.0543. The number of alkyl carbamates (subject to hydrolysis) is 1. The first-order valence-corrected chi connectivity index (χ1v) is 8.40. The number of pyridine rings is 1. The summed E-state index contributed by atoms with van der Waals surface area (Å²) < 4.78 is 5.70. The number of hydrogen-bond donors (Lipinski definition) is 1. The molecule has 0 aromatic carbocycles. The third-order valence-electron chi connectivity index (χ3n) is 4.60. The van der Waals surface area contributed by atoms with Crippen LogP contribution >= 0.6 is 0 Å². The molecule has 122 valence electrons. The first kappa shape index (κ1) is 16.8. The lowest BCUT2D eigenvalue weighted by molar-refractivity contribution is 0.00630. The van der Waals surface area contributed by atoms with E-state index >= 15 is 0 Å². The van der Waals surface area contributed by atoms with Crippen molar-refractivity contribution >= 4 is 6.09 Å². The molecule has 1 amide bonds. The molecule has 1 N–H and O–H groups in total. The van der Waals surface area contributed by atoms with Crippen LogP contribution in [0.15, 0.2) is 24.4 Å². The SMILES string of the molecule is CC(C)C1CC[C@@H](C)C[C@H]1OC(=O)NCCc1ccccn1. The molecule has 1 aliphatic rings. The molecule has 0 bridgehead atoms. The Bertz CT molecular complexity index is 461. The average molecular weight is 304 g/mol. The molecule has 1 unspecified atom stereocenters. The average Bonchev–Trinajstić information content (AvgIpc) is 2.48. The summed E-state index contributed by atoms with van der Waals surface area (Å²) in [5, 5.41) is 2.85. The molecule has 1 saturated carbocycles. The Morgan fingerprint density at radius 2 is 2.23 bits per heavy atom. The van der Waals surface area contributed by atoms with Crippen LogP contribution in [-0.2, 0) is 11.2 Å². The lowest BCUT2D eigenvalue weighted by Crippen LogP contribution is -2.39. The second-order valence-corrected chi connectivity index (χ2v) is 6.77. The van der Waals surface area contributed by atoms with Crippen LogP contribution in [0.1, 0.15) is 45.7 Å². The number of carbonyl (C=O) groups is 1. The third kappa shape index (κ3) is 5.00. The predicted molar refractivity (Wildman–Crippen MR) is 87.6 cm³/mol. The van der Waals surface area contributed by atoms with Gasteiger partial charge in [0.05, 0.1) is 0 Å². The van der Waals surface area contributed by atoms with Crippen molar-refractivity contribution in [2.45, 2.75) is 52.6 Å². The molecule has 0 spiro atoms. The van der Waals surface area contributed by atoms with Crippen LogP contribution in [0.4, 0.5) is 4.79 Å². The lowest BCUT2D eigenvalue weighted by atomic mass is 9.75. The molecule has 3 atom stereocenters. The summed E-state index contributed by atoms with van der Waals surface area (Å²) >= 11 is 0. The molecule has 1 aromatic heterocycles. The van der Waals surface area contributed by atoms with Crippen molar-refractivity contribution in [2.75, 3.05) is 6.54 Å². The van der Waals surface area contributed by atoms with Gasteiger partial charge in [-0.25, -0.2) is 4.79 Å². The first-order chi connectivity index (χ1) is 10.6. The molecule has 0 saturated heterocycles. The number of rotatable bonds is 5. The van der Waals surface area contributed by atoms with E-state index in [1.165, 1.54) is 6.42 Å². The van der Waals surface area contributed by atoms with Crippen molar-refractivity contribution in [1.82, 2.24) is 10.3 Å². The third-order valence-corrected chi connectivity index (χ3v) is 4.60. The quantitative estimate of drug-likeness (QED) is 0.900. The number of ether oxygens (including phenoxy) is 1. The van der Waals surface area contributed by atoms with Gasteiger partial charge in [0, 0.05) is 24.9 Å². The fourth-order valence-corrected chi connectivity index (χ4v) is 3.27. The van der Waals surface area contributed by atoms with Crippen LogP contribution in [0, 0.1) is 17.8 Å². The standard InChI is InChI=1S/C18H28N2O2/c1-13(2)16-8-7-14(3)12-17(16)22-18(21)20-11-9-15-6-4-5-10-19-15/h4-6,10,13-14,16-17H,7-9,11-12H2,1-3H3,(H,20,21)/t14-,16?,17-/m1/s1. The summed E-state index contributed by atoms with van der Waals surface area (Å²) in [7, 11) is 0. The first-order valence-electron chi connectivity index (χ1n) is 8.40. The Labute approximate surface area is 133 Å². The van der Waals surface area contributed by atoms with E-state index in [-0.39, 0.29) is 12.2 Å². The second-order valence-electron chi connectivity index (χ2n) is 6.77. The Kier molecular flexibility index (Phi) is 6.22. The summed E-state index contributed by atoms with van der Waals surface area (Å²) in [6, 6.07) is 5.81. The van der Waals surface area contributed by atoms with Crippen molar-refractivity contribution in [1.29, 1.82) is 0 Å². The molecule has 1 aromatic rings. The Hall–Kier alpha value is -1.58. The fraction of sp³-hybridized carbons (Fsp3) is 0.667. The number of hydrogen-bond acceptors (Lipinski definition) is 3. The van der Waals surface area contributed by atoms with Crippen LogP contribution in [0.25, 0.3) is 0 Å². The topological polar surface area (TPSA) is 51.2 Å². The maximum atomic E-state index is 12.0. The van der Waals surface area contributed by atoms with Gasteiger partial charge < -0.3 is 10.1 Å². The second kappa shape index (κ2) is 8.16. The molecule has 4 heteroatoms. The number of aromatic nitrogens is 1. The maximum Gasteiger partial charge on any atom is 0.407 e. The van der Waals surface area contributed by atoms with Crippen molar-refractivity contribution in [3.8, 4) is 0 Å².